The largest absolute Gasteiger partial charge is 0.486 e. The van der Waals surface area contributed by atoms with Crippen LogP contribution >= 0.6 is 0 Å². The predicted molar refractivity (Wildman–Crippen MR) is 96.6 cm³/mol. The van der Waals surface area contributed by atoms with Gasteiger partial charge >= 0.3 is 0 Å². The summed E-state index contributed by atoms with van der Waals surface area (Å²) in [6, 6.07) is 9.01. The Morgan fingerprint density at radius 3 is 2.63 bits per heavy atom. The van der Waals surface area contributed by atoms with Crippen molar-refractivity contribution in [3.63, 3.8) is 0 Å². The third-order valence-electron chi connectivity index (χ3n) is 5.20. The van der Waals surface area contributed by atoms with Gasteiger partial charge in [-0.2, -0.15) is 0 Å². The maximum atomic E-state index is 12.6. The van der Waals surface area contributed by atoms with E-state index < -0.39 is 0 Å². The second-order valence-electron chi connectivity index (χ2n) is 7.29. The Kier molecular flexibility index (Phi) is 3.63. The number of benzene rings is 1. The quantitative estimate of drug-likeness (QED) is 0.827. The molecule has 3 aliphatic rings. The van der Waals surface area contributed by atoms with Crippen LogP contribution in [0.4, 0.5) is 0 Å². The minimum absolute atomic E-state index is 0.0138. The van der Waals surface area contributed by atoms with Gasteiger partial charge in [0.05, 0.1) is 13.1 Å². The normalized spacial score (nSPS) is 18.3. The van der Waals surface area contributed by atoms with Crippen molar-refractivity contribution in [2.45, 2.75) is 31.9 Å². The topological polar surface area (TPSA) is 70.0 Å². The van der Waals surface area contributed by atoms with Crippen LogP contribution in [0.3, 0.4) is 0 Å². The van der Waals surface area contributed by atoms with Crippen molar-refractivity contribution in [2.75, 3.05) is 19.9 Å². The molecule has 0 radical (unpaired) electrons. The number of pyridine rings is 1. The third-order valence-corrected chi connectivity index (χ3v) is 5.20. The molecule has 1 saturated carbocycles. The molecule has 2 aliphatic heterocycles. The molecule has 0 unspecified atom stereocenters. The molecule has 0 bridgehead atoms. The van der Waals surface area contributed by atoms with Crippen LogP contribution in [0.25, 0.3) is 0 Å². The van der Waals surface area contributed by atoms with Gasteiger partial charge in [-0.3, -0.25) is 9.59 Å². The van der Waals surface area contributed by atoms with Crippen molar-refractivity contribution < 1.29 is 19.0 Å². The first-order chi connectivity index (χ1) is 13.1. The number of likely N-dealkylation sites (tertiary alicyclic amines) is 1. The first kappa shape index (κ1) is 16.2. The lowest BCUT2D eigenvalue weighted by molar-refractivity contribution is 0.0176. The fraction of sp³-hybridized carbons (Fsp3) is 0.400. The molecule has 2 fully saturated rings. The maximum absolute atomic E-state index is 12.6. The van der Waals surface area contributed by atoms with Crippen molar-refractivity contribution in [1.29, 1.82) is 0 Å². The fourth-order valence-corrected chi connectivity index (χ4v) is 3.63. The van der Waals surface area contributed by atoms with Gasteiger partial charge in [0.15, 0.2) is 11.5 Å². The number of carbonyl (C=O) groups is 1. The number of amides is 1. The number of aryl methyl sites for hydroxylation is 1. The molecule has 140 valence electrons. The number of nitrogens with zero attached hydrogens (tertiary/aromatic N) is 2. The molecule has 0 N–H and O–H groups in total. The van der Waals surface area contributed by atoms with Crippen LogP contribution < -0.4 is 19.8 Å². The average Bonchev–Trinajstić information content (AvgIpc) is 3.31. The van der Waals surface area contributed by atoms with Gasteiger partial charge in [0.1, 0.15) is 11.9 Å². The molecule has 1 saturated heterocycles. The Labute approximate surface area is 156 Å². The summed E-state index contributed by atoms with van der Waals surface area (Å²) in [6.07, 6.45) is 2.04. The van der Waals surface area contributed by atoms with E-state index in [1.54, 1.807) is 29.2 Å². The van der Waals surface area contributed by atoms with E-state index in [1.807, 2.05) is 17.6 Å². The number of fused-ring (bicyclic) bond motifs is 1. The predicted octanol–water partition coefficient (Wildman–Crippen LogP) is 2.12. The summed E-state index contributed by atoms with van der Waals surface area (Å²) in [5, 5.41) is 0. The second-order valence-corrected chi connectivity index (χ2v) is 7.29. The summed E-state index contributed by atoms with van der Waals surface area (Å²) in [7, 11) is 0. The Morgan fingerprint density at radius 1 is 1.11 bits per heavy atom. The summed E-state index contributed by atoms with van der Waals surface area (Å²) >= 11 is 0. The average molecular weight is 368 g/mol. The van der Waals surface area contributed by atoms with E-state index in [1.165, 1.54) is 0 Å². The lowest BCUT2D eigenvalue weighted by Crippen LogP contribution is -2.56. The number of aromatic nitrogens is 1. The molecule has 0 atom stereocenters. The van der Waals surface area contributed by atoms with E-state index in [2.05, 4.69) is 0 Å². The van der Waals surface area contributed by atoms with Gasteiger partial charge in [-0.25, -0.2) is 0 Å². The number of hydrogen-bond acceptors (Lipinski definition) is 5. The summed E-state index contributed by atoms with van der Waals surface area (Å²) in [4.78, 5) is 26.6. The van der Waals surface area contributed by atoms with Gasteiger partial charge in [0.2, 0.25) is 6.79 Å². The molecule has 1 amide bonds. The number of hydrogen-bond donors (Lipinski definition) is 0. The van der Waals surface area contributed by atoms with E-state index >= 15 is 0 Å². The Bertz CT molecular complexity index is 973. The highest BCUT2D eigenvalue weighted by Crippen LogP contribution is 2.35. The van der Waals surface area contributed by atoms with Gasteiger partial charge in [-0.15, -0.1) is 0 Å². The Hall–Kier alpha value is -2.96. The molecule has 1 aromatic heterocycles. The van der Waals surface area contributed by atoms with Crippen molar-refractivity contribution in [3.8, 4) is 17.2 Å². The fourth-order valence-electron chi connectivity index (χ4n) is 3.63. The molecule has 5 rings (SSSR count). The molecule has 27 heavy (non-hydrogen) atoms. The highest BCUT2D eigenvalue weighted by Gasteiger charge is 2.34. The van der Waals surface area contributed by atoms with Gasteiger partial charge < -0.3 is 23.7 Å². The van der Waals surface area contributed by atoms with Crippen LogP contribution in [0.15, 0.2) is 35.1 Å². The van der Waals surface area contributed by atoms with Crippen LogP contribution in [0.1, 0.15) is 34.9 Å². The van der Waals surface area contributed by atoms with Crippen LogP contribution in [0.5, 0.6) is 17.2 Å². The number of ether oxygens (including phenoxy) is 3. The summed E-state index contributed by atoms with van der Waals surface area (Å²) < 4.78 is 18.3. The second kappa shape index (κ2) is 6.04. The zero-order chi connectivity index (χ0) is 18.5. The van der Waals surface area contributed by atoms with E-state index in [9.17, 15) is 9.59 Å². The Morgan fingerprint density at radius 2 is 1.89 bits per heavy atom. The first-order valence-electron chi connectivity index (χ1n) is 9.17. The van der Waals surface area contributed by atoms with E-state index in [0.717, 1.165) is 18.5 Å². The molecular weight excluding hydrogens is 348 g/mol. The van der Waals surface area contributed by atoms with Crippen molar-refractivity contribution in [3.05, 3.63) is 51.9 Å². The number of rotatable bonds is 4. The molecule has 3 heterocycles. The third kappa shape index (κ3) is 2.93. The van der Waals surface area contributed by atoms with Gasteiger partial charge in [-0.1, -0.05) is 0 Å². The minimum atomic E-state index is -0.0986. The molecule has 1 aromatic carbocycles. The van der Waals surface area contributed by atoms with E-state index in [0.29, 0.717) is 41.9 Å². The minimum Gasteiger partial charge on any atom is -0.486 e. The zero-order valence-corrected chi connectivity index (χ0v) is 15.0. The van der Waals surface area contributed by atoms with Crippen LogP contribution in [-0.2, 0) is 0 Å². The van der Waals surface area contributed by atoms with Crippen molar-refractivity contribution in [1.82, 2.24) is 9.47 Å². The Balaban J connectivity index is 1.22. The van der Waals surface area contributed by atoms with Crippen molar-refractivity contribution in [2.24, 2.45) is 0 Å². The summed E-state index contributed by atoms with van der Waals surface area (Å²) in [5.41, 5.74) is 1.48. The summed E-state index contributed by atoms with van der Waals surface area (Å²) in [6.45, 7) is 3.12. The summed E-state index contributed by atoms with van der Waals surface area (Å²) in [5.74, 6) is 1.77. The van der Waals surface area contributed by atoms with Crippen molar-refractivity contribution >= 4 is 5.91 Å². The van der Waals surface area contributed by atoms with Crippen LogP contribution in [-0.4, -0.2) is 41.4 Å². The van der Waals surface area contributed by atoms with E-state index in [-0.39, 0.29) is 24.4 Å². The van der Waals surface area contributed by atoms with Gasteiger partial charge in [0, 0.05) is 23.4 Å². The zero-order valence-electron chi connectivity index (χ0n) is 15.0. The highest BCUT2D eigenvalue weighted by molar-refractivity contribution is 5.95. The first-order valence-corrected chi connectivity index (χ1v) is 9.17. The lowest BCUT2D eigenvalue weighted by Gasteiger charge is -2.39. The smallest absolute Gasteiger partial charge is 0.254 e. The number of carbonyl (C=O) groups excluding carboxylic acids is 1. The molecular formula is C20H20N2O5. The lowest BCUT2D eigenvalue weighted by atomic mass is 10.1. The standard InChI is InChI=1S/C20H20N2O5/c1-12-6-15(8-19(23)22(12)14-3-4-14)27-16-9-21(10-16)20(24)13-2-5-17-18(7-13)26-11-25-17/h2,5-8,14,16H,3-4,9-11H2,1H3. The van der Waals surface area contributed by atoms with E-state index in [4.69, 9.17) is 14.2 Å². The SMILES string of the molecule is Cc1cc(OC2CN(C(=O)c3ccc4c(c3)OCO4)C2)cc(=O)n1C1CC1. The maximum Gasteiger partial charge on any atom is 0.254 e. The van der Waals surface area contributed by atoms with Gasteiger partial charge in [0.25, 0.3) is 11.5 Å². The molecule has 7 nitrogen and oxygen atoms in total. The van der Waals surface area contributed by atoms with Crippen LogP contribution in [0, 0.1) is 6.92 Å². The molecule has 1 aliphatic carbocycles. The van der Waals surface area contributed by atoms with Gasteiger partial charge in [-0.05, 0) is 44.0 Å². The molecule has 2 aromatic rings. The molecule has 0 spiro atoms. The molecule has 7 heteroatoms. The highest BCUT2D eigenvalue weighted by atomic mass is 16.7. The monoisotopic (exact) mass is 368 g/mol. The van der Waals surface area contributed by atoms with Crippen LogP contribution in [0.2, 0.25) is 0 Å².